The Morgan fingerprint density at radius 1 is 0.800 bits per heavy atom. The van der Waals surface area contributed by atoms with Gasteiger partial charge in [0.2, 0.25) is 0 Å². The van der Waals surface area contributed by atoms with E-state index in [9.17, 15) is 18.6 Å². The van der Waals surface area contributed by atoms with Gasteiger partial charge >= 0.3 is 17.9 Å². The van der Waals surface area contributed by atoms with Crippen molar-refractivity contribution in [2.24, 2.45) is 5.41 Å². The van der Waals surface area contributed by atoms with Gasteiger partial charge in [0.05, 0.1) is 45.2 Å². The second-order valence-corrected chi connectivity index (χ2v) is 9.61. The molecule has 224 valence electrons. The fraction of sp³-hybridized carbons (Fsp3) is 0.519. The topological polar surface area (TPSA) is 156 Å². The summed E-state index contributed by atoms with van der Waals surface area (Å²) in [6.07, 6.45) is 0.614. The second-order valence-electron chi connectivity index (χ2n) is 8.91. The molecule has 1 aromatic carbocycles. The van der Waals surface area contributed by atoms with Gasteiger partial charge in [-0.15, -0.1) is 0 Å². The summed E-state index contributed by atoms with van der Waals surface area (Å²) < 4.78 is 54.5. The lowest BCUT2D eigenvalue weighted by atomic mass is 9.88. The molecule has 0 spiro atoms. The van der Waals surface area contributed by atoms with Crippen LogP contribution in [0.15, 0.2) is 48.6 Å². The highest BCUT2D eigenvalue weighted by Gasteiger charge is 2.30. The van der Waals surface area contributed by atoms with Crippen LogP contribution < -0.4 is 4.72 Å². The third kappa shape index (κ3) is 14.3. The molecule has 0 aliphatic heterocycles. The van der Waals surface area contributed by atoms with Crippen molar-refractivity contribution in [3.05, 3.63) is 54.1 Å². The summed E-state index contributed by atoms with van der Waals surface area (Å²) in [6.45, 7) is 13.4. The zero-order valence-electron chi connectivity index (χ0n) is 23.2. The molecule has 0 amide bonds. The molecule has 0 heterocycles. The zero-order chi connectivity index (χ0) is 30.0. The van der Waals surface area contributed by atoms with Crippen molar-refractivity contribution in [3.8, 4) is 0 Å². The first kappa shape index (κ1) is 34.9. The smallest absolute Gasteiger partial charge is 0.338 e. The summed E-state index contributed by atoms with van der Waals surface area (Å²) in [6, 6.07) is 5.90. The van der Waals surface area contributed by atoms with E-state index in [2.05, 4.69) is 17.9 Å². The van der Waals surface area contributed by atoms with E-state index < -0.39 is 34.6 Å². The molecular weight excluding hydrogens is 546 g/mol. The molecule has 1 atom stereocenters. The van der Waals surface area contributed by atoms with Gasteiger partial charge in [-0.05, 0) is 44.5 Å². The lowest BCUT2D eigenvalue weighted by molar-refractivity contribution is -0.142. The molecule has 0 saturated heterocycles. The SMILES string of the molecule is C=C(C)C(=O)OCCOCC(CC)(COCCOC(=O)C(=C)C)COCCOC(=O)c1ccc(NS(=O)O)cc1. The first-order chi connectivity index (χ1) is 19.0. The number of hydrogen-bond donors (Lipinski definition) is 2. The van der Waals surface area contributed by atoms with Crippen LogP contribution >= 0.6 is 0 Å². The Balaban J connectivity index is 2.56. The van der Waals surface area contributed by atoms with E-state index >= 15 is 0 Å². The Bertz CT molecular complexity index is 974. The van der Waals surface area contributed by atoms with Crippen LogP contribution in [0.5, 0.6) is 0 Å². The molecule has 0 aromatic heterocycles. The number of hydrogen-bond acceptors (Lipinski definition) is 10. The Kier molecular flexibility index (Phi) is 16.6. The third-order valence-electron chi connectivity index (χ3n) is 5.38. The van der Waals surface area contributed by atoms with Gasteiger partial charge in [-0.1, -0.05) is 20.1 Å². The molecule has 1 unspecified atom stereocenters. The van der Waals surface area contributed by atoms with Crippen molar-refractivity contribution in [3.63, 3.8) is 0 Å². The minimum atomic E-state index is -2.21. The van der Waals surface area contributed by atoms with Crippen LogP contribution in [-0.4, -0.2) is 86.1 Å². The van der Waals surface area contributed by atoms with Crippen molar-refractivity contribution in [2.75, 3.05) is 64.2 Å². The summed E-state index contributed by atoms with van der Waals surface area (Å²) in [5, 5.41) is 0. The zero-order valence-corrected chi connectivity index (χ0v) is 24.0. The fourth-order valence-corrected chi connectivity index (χ4v) is 3.32. The molecule has 12 nitrogen and oxygen atoms in total. The number of nitrogens with one attached hydrogen (secondary N) is 1. The number of carbonyl (C=O) groups is 3. The van der Waals surface area contributed by atoms with Gasteiger partial charge in [0.25, 0.3) is 11.3 Å². The first-order valence-corrected chi connectivity index (χ1v) is 13.6. The molecule has 0 fully saturated rings. The highest BCUT2D eigenvalue weighted by atomic mass is 32.2. The molecule has 0 saturated carbocycles. The Labute approximate surface area is 237 Å². The second kappa shape index (κ2) is 19.1. The number of anilines is 1. The van der Waals surface area contributed by atoms with Gasteiger partial charge in [0.15, 0.2) is 0 Å². The number of carbonyl (C=O) groups excluding carboxylic acids is 3. The standard InChI is InChI=1S/C27H39NO11S/c1-6-27(17-34-11-14-37-24(29)20(2)3,18-35-12-15-38-25(30)21(4)5)19-36-13-16-39-26(31)22-7-9-23(10-8-22)28-40(32)33/h7-10,28H,2,4,6,11-19H2,1,3,5H3,(H,32,33). The summed E-state index contributed by atoms with van der Waals surface area (Å²) in [5.41, 5.74) is 0.677. The first-order valence-electron chi connectivity index (χ1n) is 12.5. The summed E-state index contributed by atoms with van der Waals surface area (Å²) >= 11 is -2.21. The molecule has 0 radical (unpaired) electrons. The molecule has 2 N–H and O–H groups in total. The molecule has 0 bridgehead atoms. The van der Waals surface area contributed by atoms with Crippen molar-refractivity contribution in [2.45, 2.75) is 27.2 Å². The van der Waals surface area contributed by atoms with E-state index in [0.717, 1.165) is 0 Å². The normalized spacial score (nSPS) is 11.8. The van der Waals surface area contributed by atoms with Gasteiger partial charge in [0.1, 0.15) is 19.8 Å². The Morgan fingerprint density at radius 2 is 1.23 bits per heavy atom. The summed E-state index contributed by atoms with van der Waals surface area (Å²) in [4.78, 5) is 35.3. The number of ether oxygens (including phenoxy) is 6. The third-order valence-corrected chi connectivity index (χ3v) is 5.79. The van der Waals surface area contributed by atoms with Crippen LogP contribution in [0.1, 0.15) is 37.6 Å². The molecule has 0 aliphatic carbocycles. The Hall–Kier alpha value is -3.10. The van der Waals surface area contributed by atoms with Gasteiger partial charge in [-0.3, -0.25) is 9.27 Å². The monoisotopic (exact) mass is 585 g/mol. The summed E-state index contributed by atoms with van der Waals surface area (Å²) in [7, 11) is 0. The lowest BCUT2D eigenvalue weighted by Gasteiger charge is -2.32. The fourth-order valence-electron chi connectivity index (χ4n) is 2.98. The molecule has 40 heavy (non-hydrogen) atoms. The van der Waals surface area contributed by atoms with E-state index in [1.807, 2.05) is 6.92 Å². The number of esters is 3. The molecule has 0 aliphatic rings. The maximum absolute atomic E-state index is 12.3. The highest BCUT2D eigenvalue weighted by Crippen LogP contribution is 2.24. The number of benzene rings is 1. The van der Waals surface area contributed by atoms with E-state index in [0.29, 0.717) is 23.3 Å². The lowest BCUT2D eigenvalue weighted by Crippen LogP contribution is -2.38. The molecule has 13 heteroatoms. The maximum atomic E-state index is 12.3. The van der Waals surface area contributed by atoms with Crippen LogP contribution in [0.3, 0.4) is 0 Å². The molecule has 1 aromatic rings. The highest BCUT2D eigenvalue weighted by molar-refractivity contribution is 7.80. The minimum absolute atomic E-state index is 0.00525. The van der Waals surface area contributed by atoms with Crippen molar-refractivity contribution in [1.82, 2.24) is 0 Å². The van der Waals surface area contributed by atoms with E-state index in [1.165, 1.54) is 24.3 Å². The van der Waals surface area contributed by atoms with Crippen LogP contribution in [-0.2, 0) is 49.3 Å². The average Bonchev–Trinajstić information content (AvgIpc) is 2.91. The Morgan fingerprint density at radius 3 is 1.60 bits per heavy atom. The average molecular weight is 586 g/mol. The summed E-state index contributed by atoms with van der Waals surface area (Å²) in [5.74, 6) is -1.56. The predicted molar refractivity (Wildman–Crippen MR) is 148 cm³/mol. The van der Waals surface area contributed by atoms with E-state index in [1.54, 1.807) is 13.8 Å². The van der Waals surface area contributed by atoms with Crippen LogP contribution in [0.4, 0.5) is 5.69 Å². The maximum Gasteiger partial charge on any atom is 0.338 e. The quantitative estimate of drug-likeness (QED) is 0.0719. The van der Waals surface area contributed by atoms with Gasteiger partial charge in [-0.2, -0.15) is 0 Å². The minimum Gasteiger partial charge on any atom is -0.460 e. The van der Waals surface area contributed by atoms with Crippen LogP contribution in [0.25, 0.3) is 0 Å². The van der Waals surface area contributed by atoms with Crippen molar-refractivity contribution < 1.29 is 51.6 Å². The van der Waals surface area contributed by atoms with E-state index in [-0.39, 0.29) is 65.0 Å². The largest absolute Gasteiger partial charge is 0.460 e. The van der Waals surface area contributed by atoms with Crippen molar-refractivity contribution >= 4 is 34.9 Å². The van der Waals surface area contributed by atoms with Crippen LogP contribution in [0, 0.1) is 5.41 Å². The van der Waals surface area contributed by atoms with Crippen molar-refractivity contribution in [1.29, 1.82) is 0 Å². The van der Waals surface area contributed by atoms with Gasteiger partial charge < -0.3 is 28.4 Å². The molecular formula is C27H39NO11S. The van der Waals surface area contributed by atoms with E-state index in [4.69, 9.17) is 33.0 Å². The predicted octanol–water partition coefficient (Wildman–Crippen LogP) is 3.08. The van der Waals surface area contributed by atoms with Gasteiger partial charge in [0, 0.05) is 22.2 Å². The number of rotatable bonds is 21. The molecule has 1 rings (SSSR count). The van der Waals surface area contributed by atoms with Gasteiger partial charge in [-0.25, -0.2) is 18.6 Å². The van der Waals surface area contributed by atoms with Crippen LogP contribution in [0.2, 0.25) is 0 Å².